The molecule has 1 atom stereocenters. The Morgan fingerprint density at radius 2 is 2.45 bits per heavy atom. The van der Waals surface area contributed by atoms with Crippen molar-refractivity contribution in [1.29, 1.82) is 0 Å². The predicted molar refractivity (Wildman–Crippen MR) is 76.7 cm³/mol. The SMILES string of the molecule is CN(CCO)C(=O)NC1CCCN(c2cnn(C)c2)C1. The fraction of sp³-hybridized carbons (Fsp3) is 0.692. The van der Waals surface area contributed by atoms with Gasteiger partial charge in [-0.15, -0.1) is 0 Å². The molecule has 1 fully saturated rings. The van der Waals surface area contributed by atoms with Gasteiger partial charge in [-0.05, 0) is 12.8 Å². The van der Waals surface area contributed by atoms with Crippen LogP contribution in [0.4, 0.5) is 10.5 Å². The van der Waals surface area contributed by atoms with Crippen LogP contribution in [0.1, 0.15) is 12.8 Å². The molecule has 0 aliphatic carbocycles. The average Bonchev–Trinajstić information content (AvgIpc) is 2.86. The van der Waals surface area contributed by atoms with Gasteiger partial charge in [0.2, 0.25) is 0 Å². The quantitative estimate of drug-likeness (QED) is 0.816. The highest BCUT2D eigenvalue weighted by atomic mass is 16.3. The lowest BCUT2D eigenvalue weighted by Gasteiger charge is -2.34. The van der Waals surface area contributed by atoms with Crippen LogP contribution in [0.25, 0.3) is 0 Å². The van der Waals surface area contributed by atoms with Crippen LogP contribution in [-0.2, 0) is 7.05 Å². The number of aliphatic hydroxyl groups excluding tert-OH is 1. The lowest BCUT2D eigenvalue weighted by atomic mass is 10.1. The normalized spacial score (nSPS) is 18.9. The maximum atomic E-state index is 11.9. The molecule has 7 heteroatoms. The first-order valence-electron chi connectivity index (χ1n) is 6.96. The zero-order valence-corrected chi connectivity index (χ0v) is 12.1. The number of aryl methyl sites for hydroxylation is 1. The number of piperidine rings is 1. The number of nitrogens with zero attached hydrogens (tertiary/aromatic N) is 4. The second-order valence-electron chi connectivity index (χ2n) is 5.25. The molecule has 2 amide bonds. The molecular formula is C13H23N5O2. The van der Waals surface area contributed by atoms with Gasteiger partial charge >= 0.3 is 6.03 Å². The van der Waals surface area contributed by atoms with Crippen molar-refractivity contribution in [3.05, 3.63) is 12.4 Å². The van der Waals surface area contributed by atoms with E-state index >= 15 is 0 Å². The molecule has 0 spiro atoms. The van der Waals surface area contributed by atoms with Crippen molar-refractivity contribution < 1.29 is 9.90 Å². The minimum Gasteiger partial charge on any atom is -0.395 e. The number of aromatic nitrogens is 2. The van der Waals surface area contributed by atoms with Gasteiger partial charge in [0.15, 0.2) is 0 Å². The van der Waals surface area contributed by atoms with Gasteiger partial charge in [0.1, 0.15) is 0 Å². The molecule has 7 nitrogen and oxygen atoms in total. The largest absolute Gasteiger partial charge is 0.395 e. The first kappa shape index (κ1) is 14.6. The third-order valence-corrected chi connectivity index (χ3v) is 3.59. The second-order valence-corrected chi connectivity index (χ2v) is 5.25. The molecule has 1 unspecified atom stereocenters. The second kappa shape index (κ2) is 6.60. The summed E-state index contributed by atoms with van der Waals surface area (Å²) in [7, 11) is 3.59. The van der Waals surface area contributed by atoms with Crippen LogP contribution in [0, 0.1) is 0 Å². The Balaban J connectivity index is 1.89. The molecule has 1 aromatic heterocycles. The van der Waals surface area contributed by atoms with E-state index < -0.39 is 0 Å². The predicted octanol–water partition coefficient (Wildman–Crippen LogP) is 0.0226. The average molecular weight is 281 g/mol. The summed E-state index contributed by atoms with van der Waals surface area (Å²) in [5.41, 5.74) is 1.09. The summed E-state index contributed by atoms with van der Waals surface area (Å²) in [5.74, 6) is 0. The van der Waals surface area contributed by atoms with Gasteiger partial charge in [-0.3, -0.25) is 4.68 Å². The van der Waals surface area contributed by atoms with Crippen molar-refractivity contribution in [2.75, 3.05) is 38.2 Å². The van der Waals surface area contributed by atoms with Crippen LogP contribution in [0.2, 0.25) is 0 Å². The molecule has 2 rings (SSSR count). The number of nitrogens with one attached hydrogen (secondary N) is 1. The highest BCUT2D eigenvalue weighted by Gasteiger charge is 2.23. The number of hydrogen-bond donors (Lipinski definition) is 2. The summed E-state index contributed by atoms with van der Waals surface area (Å²) in [6, 6.07) is 0.00897. The third kappa shape index (κ3) is 3.63. The lowest BCUT2D eigenvalue weighted by Crippen LogP contribution is -2.51. The van der Waals surface area contributed by atoms with E-state index in [2.05, 4.69) is 15.3 Å². The van der Waals surface area contributed by atoms with Crippen LogP contribution in [0.5, 0.6) is 0 Å². The Labute approximate surface area is 119 Å². The molecule has 1 aliphatic heterocycles. The molecule has 2 N–H and O–H groups in total. The Hall–Kier alpha value is -1.76. The van der Waals surface area contributed by atoms with E-state index in [-0.39, 0.29) is 18.7 Å². The molecular weight excluding hydrogens is 258 g/mol. The zero-order chi connectivity index (χ0) is 14.5. The summed E-state index contributed by atoms with van der Waals surface area (Å²) in [6.45, 7) is 2.12. The van der Waals surface area contributed by atoms with E-state index in [1.54, 1.807) is 11.7 Å². The van der Waals surface area contributed by atoms with Crippen LogP contribution in [0.3, 0.4) is 0 Å². The molecule has 1 saturated heterocycles. The molecule has 0 radical (unpaired) electrons. The number of carbonyl (C=O) groups excluding carboxylic acids is 1. The molecule has 0 saturated carbocycles. The molecule has 2 heterocycles. The van der Waals surface area contributed by atoms with Gasteiger partial charge < -0.3 is 20.2 Å². The standard InChI is InChI=1S/C13H23N5O2/c1-16(6-7-19)13(20)15-11-4-3-5-18(9-11)12-8-14-17(2)10-12/h8,10-11,19H,3-7,9H2,1-2H3,(H,15,20). The monoisotopic (exact) mass is 281 g/mol. The fourth-order valence-electron chi connectivity index (χ4n) is 2.44. The minimum atomic E-state index is -0.128. The molecule has 1 aliphatic rings. The fourth-order valence-corrected chi connectivity index (χ4v) is 2.44. The maximum absolute atomic E-state index is 11.9. The maximum Gasteiger partial charge on any atom is 0.317 e. The van der Waals surface area contributed by atoms with Crippen LogP contribution >= 0.6 is 0 Å². The number of likely N-dealkylation sites (N-methyl/N-ethyl adjacent to an activating group) is 1. The molecule has 0 bridgehead atoms. The smallest absolute Gasteiger partial charge is 0.317 e. The number of hydrogen-bond acceptors (Lipinski definition) is 4. The van der Waals surface area contributed by atoms with Gasteiger partial charge in [0.05, 0.1) is 18.5 Å². The Morgan fingerprint density at radius 3 is 3.10 bits per heavy atom. The van der Waals surface area contributed by atoms with E-state index in [1.807, 2.05) is 19.4 Å². The molecule has 112 valence electrons. The van der Waals surface area contributed by atoms with Crippen molar-refractivity contribution in [2.24, 2.45) is 7.05 Å². The number of urea groups is 1. The van der Waals surface area contributed by atoms with Crippen molar-refractivity contribution in [3.63, 3.8) is 0 Å². The summed E-state index contributed by atoms with van der Waals surface area (Å²) < 4.78 is 1.78. The summed E-state index contributed by atoms with van der Waals surface area (Å²) in [4.78, 5) is 15.7. The minimum absolute atomic E-state index is 0.0175. The first-order chi connectivity index (χ1) is 9.60. The Kier molecular flexibility index (Phi) is 4.84. The summed E-state index contributed by atoms with van der Waals surface area (Å²) >= 11 is 0. The van der Waals surface area contributed by atoms with Gasteiger partial charge in [-0.25, -0.2) is 4.79 Å². The van der Waals surface area contributed by atoms with E-state index in [0.717, 1.165) is 31.6 Å². The van der Waals surface area contributed by atoms with Crippen molar-refractivity contribution in [1.82, 2.24) is 20.0 Å². The van der Waals surface area contributed by atoms with Crippen molar-refractivity contribution >= 4 is 11.7 Å². The number of aliphatic hydroxyl groups is 1. The summed E-state index contributed by atoms with van der Waals surface area (Å²) in [5, 5.41) is 16.0. The van der Waals surface area contributed by atoms with Crippen LogP contribution in [0.15, 0.2) is 12.4 Å². The van der Waals surface area contributed by atoms with Crippen LogP contribution < -0.4 is 10.2 Å². The first-order valence-corrected chi connectivity index (χ1v) is 6.96. The van der Waals surface area contributed by atoms with Gasteiger partial charge in [0.25, 0.3) is 0 Å². The van der Waals surface area contributed by atoms with E-state index in [1.165, 1.54) is 4.90 Å². The number of amides is 2. The Bertz CT molecular complexity index is 448. The van der Waals surface area contributed by atoms with E-state index in [9.17, 15) is 4.79 Å². The van der Waals surface area contributed by atoms with Gasteiger partial charge in [-0.1, -0.05) is 0 Å². The van der Waals surface area contributed by atoms with Gasteiger partial charge in [-0.2, -0.15) is 5.10 Å². The molecule has 20 heavy (non-hydrogen) atoms. The third-order valence-electron chi connectivity index (χ3n) is 3.59. The highest BCUT2D eigenvalue weighted by Crippen LogP contribution is 2.19. The van der Waals surface area contributed by atoms with Crippen molar-refractivity contribution in [3.8, 4) is 0 Å². The summed E-state index contributed by atoms with van der Waals surface area (Å²) in [6.07, 6.45) is 5.86. The van der Waals surface area contributed by atoms with Crippen molar-refractivity contribution in [2.45, 2.75) is 18.9 Å². The molecule has 1 aromatic rings. The van der Waals surface area contributed by atoms with Crippen LogP contribution in [-0.4, -0.2) is 65.1 Å². The molecule has 0 aromatic carbocycles. The Morgan fingerprint density at radius 1 is 1.65 bits per heavy atom. The number of rotatable bonds is 4. The number of anilines is 1. The number of carbonyl (C=O) groups is 1. The van der Waals surface area contributed by atoms with E-state index in [4.69, 9.17) is 5.11 Å². The zero-order valence-electron chi connectivity index (χ0n) is 12.1. The van der Waals surface area contributed by atoms with E-state index in [0.29, 0.717) is 6.54 Å². The highest BCUT2D eigenvalue weighted by molar-refractivity contribution is 5.74. The lowest BCUT2D eigenvalue weighted by molar-refractivity contribution is 0.185. The topological polar surface area (TPSA) is 73.6 Å². The van der Waals surface area contributed by atoms with Gasteiger partial charge in [0, 0.05) is 46.0 Å².